The van der Waals surface area contributed by atoms with E-state index in [0.29, 0.717) is 12.8 Å². The molecule has 1 aliphatic heterocycles. The number of nitrogens with zero attached hydrogens (tertiary/aromatic N) is 3. The van der Waals surface area contributed by atoms with Crippen molar-refractivity contribution in [2.24, 2.45) is 0 Å². The van der Waals surface area contributed by atoms with Crippen LogP contribution in [0.3, 0.4) is 0 Å². The molecule has 0 atom stereocenters. The average molecular weight is 416 g/mol. The van der Waals surface area contributed by atoms with E-state index < -0.39 is 15.8 Å². The van der Waals surface area contributed by atoms with Gasteiger partial charge in [-0.2, -0.15) is 4.31 Å². The van der Waals surface area contributed by atoms with Crippen molar-refractivity contribution in [3.63, 3.8) is 0 Å². The Hall–Kier alpha value is -1.58. The van der Waals surface area contributed by atoms with E-state index in [4.69, 9.17) is 4.74 Å². The molecule has 9 heteroatoms. The predicted octanol–water partition coefficient (Wildman–Crippen LogP) is 2.61. The first kappa shape index (κ1) is 17.2. The lowest BCUT2D eigenvalue weighted by atomic mass is 10.1. The number of benzene rings is 1. The average Bonchev–Trinajstić information content (AvgIpc) is 2.58. The molecule has 1 aromatic heterocycles. The van der Waals surface area contributed by atoms with Crippen molar-refractivity contribution in [3.8, 4) is 6.01 Å². The second kappa shape index (κ2) is 7.12. The van der Waals surface area contributed by atoms with Crippen LogP contribution in [-0.4, -0.2) is 41.9 Å². The van der Waals surface area contributed by atoms with E-state index >= 15 is 0 Å². The smallest absolute Gasteiger partial charge is 0.316 e. The fourth-order valence-electron chi connectivity index (χ4n) is 2.49. The van der Waals surface area contributed by atoms with Gasteiger partial charge in [-0.25, -0.2) is 22.8 Å². The Morgan fingerprint density at radius 3 is 2.42 bits per heavy atom. The van der Waals surface area contributed by atoms with Crippen molar-refractivity contribution >= 4 is 26.0 Å². The van der Waals surface area contributed by atoms with Gasteiger partial charge in [-0.15, -0.1) is 0 Å². The summed E-state index contributed by atoms with van der Waals surface area (Å²) in [4.78, 5) is 7.78. The largest absolute Gasteiger partial charge is 0.460 e. The molecule has 0 amide bonds. The summed E-state index contributed by atoms with van der Waals surface area (Å²) in [5.41, 5.74) is 0. The molecule has 0 saturated carbocycles. The van der Waals surface area contributed by atoms with Gasteiger partial charge in [-0.3, -0.25) is 0 Å². The van der Waals surface area contributed by atoms with Gasteiger partial charge in [0, 0.05) is 25.5 Å². The zero-order valence-electron chi connectivity index (χ0n) is 12.6. The minimum Gasteiger partial charge on any atom is -0.460 e. The third kappa shape index (κ3) is 3.73. The van der Waals surface area contributed by atoms with Crippen LogP contribution >= 0.6 is 15.9 Å². The van der Waals surface area contributed by atoms with E-state index in [-0.39, 0.29) is 30.1 Å². The van der Waals surface area contributed by atoms with Crippen molar-refractivity contribution in [3.05, 3.63) is 46.9 Å². The molecule has 2 aromatic rings. The number of halogens is 2. The standard InChI is InChI=1S/C15H15BrFN3O3S/c16-11-9-18-15(19-10-11)23-12-5-7-20(8-6-12)24(21,22)14-4-2-1-3-13(14)17/h1-4,9-10,12H,5-8H2. The lowest BCUT2D eigenvalue weighted by Crippen LogP contribution is -2.42. The molecule has 0 aliphatic carbocycles. The van der Waals surface area contributed by atoms with Crippen molar-refractivity contribution in [1.82, 2.24) is 14.3 Å². The van der Waals surface area contributed by atoms with Crippen LogP contribution in [0.25, 0.3) is 0 Å². The molecule has 24 heavy (non-hydrogen) atoms. The molecular weight excluding hydrogens is 401 g/mol. The SMILES string of the molecule is O=S(=O)(c1ccccc1F)N1CCC(Oc2ncc(Br)cn2)CC1. The minimum atomic E-state index is -3.83. The number of hydrogen-bond donors (Lipinski definition) is 0. The lowest BCUT2D eigenvalue weighted by Gasteiger charge is -2.30. The fraction of sp³-hybridized carbons (Fsp3) is 0.333. The highest BCUT2D eigenvalue weighted by Gasteiger charge is 2.32. The molecule has 0 bridgehead atoms. The second-order valence-corrected chi connectivity index (χ2v) is 8.16. The molecule has 128 valence electrons. The second-order valence-electron chi connectivity index (χ2n) is 5.34. The summed E-state index contributed by atoms with van der Waals surface area (Å²) in [5.74, 6) is -0.737. The Morgan fingerprint density at radius 1 is 1.17 bits per heavy atom. The van der Waals surface area contributed by atoms with Gasteiger partial charge in [0.05, 0.1) is 4.47 Å². The van der Waals surface area contributed by atoms with Crippen LogP contribution in [0.1, 0.15) is 12.8 Å². The number of rotatable bonds is 4. The van der Waals surface area contributed by atoms with E-state index in [1.807, 2.05) is 0 Å². The van der Waals surface area contributed by atoms with Crippen LogP contribution in [0.4, 0.5) is 4.39 Å². The summed E-state index contributed by atoms with van der Waals surface area (Å²) < 4.78 is 46.5. The lowest BCUT2D eigenvalue weighted by molar-refractivity contribution is 0.124. The molecular formula is C15H15BrFN3O3S. The monoisotopic (exact) mass is 415 g/mol. The highest BCUT2D eigenvalue weighted by molar-refractivity contribution is 9.10. The third-order valence-electron chi connectivity index (χ3n) is 3.72. The maximum Gasteiger partial charge on any atom is 0.316 e. The normalized spacial score (nSPS) is 16.9. The van der Waals surface area contributed by atoms with Gasteiger partial charge in [-0.1, -0.05) is 12.1 Å². The summed E-state index contributed by atoms with van der Waals surface area (Å²) in [7, 11) is -3.83. The Labute approximate surface area is 147 Å². The van der Waals surface area contributed by atoms with Gasteiger partial charge in [0.25, 0.3) is 0 Å². The zero-order valence-corrected chi connectivity index (χ0v) is 15.0. The summed E-state index contributed by atoms with van der Waals surface area (Å²) in [6, 6.07) is 5.66. The van der Waals surface area contributed by atoms with Crippen molar-refractivity contribution in [1.29, 1.82) is 0 Å². The predicted molar refractivity (Wildman–Crippen MR) is 88.5 cm³/mol. The summed E-state index contributed by atoms with van der Waals surface area (Å²) in [5, 5.41) is 0. The van der Waals surface area contributed by atoms with E-state index in [9.17, 15) is 12.8 Å². The van der Waals surface area contributed by atoms with Crippen LogP contribution in [0.2, 0.25) is 0 Å². The van der Waals surface area contributed by atoms with Gasteiger partial charge in [0.15, 0.2) is 0 Å². The summed E-state index contributed by atoms with van der Waals surface area (Å²) >= 11 is 3.24. The number of hydrogen-bond acceptors (Lipinski definition) is 5. The maximum absolute atomic E-state index is 13.8. The quantitative estimate of drug-likeness (QED) is 0.767. The van der Waals surface area contributed by atoms with Crippen LogP contribution in [-0.2, 0) is 10.0 Å². The van der Waals surface area contributed by atoms with Crippen LogP contribution in [0.5, 0.6) is 6.01 Å². The van der Waals surface area contributed by atoms with Gasteiger partial charge < -0.3 is 4.74 Å². The van der Waals surface area contributed by atoms with Crippen molar-refractivity contribution in [2.45, 2.75) is 23.8 Å². The Balaban J connectivity index is 1.64. The van der Waals surface area contributed by atoms with Gasteiger partial charge in [-0.05, 0) is 40.9 Å². The number of sulfonamides is 1. The molecule has 6 nitrogen and oxygen atoms in total. The molecule has 1 aromatic carbocycles. The van der Waals surface area contributed by atoms with Crippen molar-refractivity contribution < 1.29 is 17.5 Å². The third-order valence-corrected chi connectivity index (χ3v) is 6.07. The first-order valence-electron chi connectivity index (χ1n) is 7.36. The number of ether oxygens (including phenoxy) is 1. The van der Waals surface area contributed by atoms with Gasteiger partial charge >= 0.3 is 6.01 Å². The van der Waals surface area contributed by atoms with Gasteiger partial charge in [0.2, 0.25) is 10.0 Å². The van der Waals surface area contributed by atoms with Gasteiger partial charge in [0.1, 0.15) is 16.8 Å². The molecule has 1 saturated heterocycles. The van der Waals surface area contributed by atoms with E-state index in [2.05, 4.69) is 25.9 Å². The zero-order chi connectivity index (χ0) is 17.2. The Kier molecular flexibility index (Phi) is 5.12. The molecule has 1 aliphatic rings. The molecule has 1 fully saturated rings. The first-order valence-corrected chi connectivity index (χ1v) is 9.59. The minimum absolute atomic E-state index is 0.168. The van der Waals surface area contributed by atoms with Crippen LogP contribution in [0, 0.1) is 5.82 Å². The molecule has 2 heterocycles. The molecule has 0 N–H and O–H groups in total. The fourth-order valence-corrected chi connectivity index (χ4v) is 4.23. The molecule has 3 rings (SSSR count). The highest BCUT2D eigenvalue weighted by Crippen LogP contribution is 2.24. The molecule has 0 radical (unpaired) electrons. The maximum atomic E-state index is 13.8. The number of aromatic nitrogens is 2. The van der Waals surface area contributed by atoms with E-state index in [1.54, 1.807) is 12.4 Å². The Bertz CT molecular complexity index is 809. The highest BCUT2D eigenvalue weighted by atomic mass is 79.9. The van der Waals surface area contributed by atoms with Crippen LogP contribution in [0.15, 0.2) is 46.0 Å². The van der Waals surface area contributed by atoms with E-state index in [1.165, 1.54) is 22.5 Å². The number of piperidine rings is 1. The summed E-state index contributed by atoms with van der Waals surface area (Å²) in [6.45, 7) is 0.524. The van der Waals surface area contributed by atoms with E-state index in [0.717, 1.165) is 10.5 Å². The Morgan fingerprint density at radius 2 is 1.79 bits per heavy atom. The molecule has 0 unspecified atom stereocenters. The topological polar surface area (TPSA) is 72.4 Å². The van der Waals surface area contributed by atoms with Crippen molar-refractivity contribution in [2.75, 3.05) is 13.1 Å². The first-order chi connectivity index (χ1) is 11.5. The summed E-state index contributed by atoms with van der Waals surface area (Å²) in [6.07, 6.45) is 3.98. The van der Waals surface area contributed by atoms with Crippen LogP contribution < -0.4 is 4.74 Å². The molecule has 0 spiro atoms.